The van der Waals surface area contributed by atoms with Crippen LogP contribution in [0.4, 0.5) is 0 Å². The van der Waals surface area contributed by atoms with Gasteiger partial charge in [-0.2, -0.15) is 0 Å². The van der Waals surface area contributed by atoms with Crippen molar-refractivity contribution in [2.75, 3.05) is 12.3 Å². The Kier molecular flexibility index (Phi) is 8.16. The van der Waals surface area contributed by atoms with Crippen molar-refractivity contribution < 1.29 is 24.3 Å². The number of nitrogens with one attached hydrogen (secondary N) is 2. The third-order valence-electron chi connectivity index (χ3n) is 5.45. The summed E-state index contributed by atoms with van der Waals surface area (Å²) in [5, 5.41) is 14.3. The number of rotatable bonds is 10. The van der Waals surface area contributed by atoms with Crippen LogP contribution in [-0.4, -0.2) is 69.4 Å². The zero-order valence-corrected chi connectivity index (χ0v) is 19.5. The first kappa shape index (κ1) is 25.1. The maximum atomic E-state index is 13.0. The molecule has 0 aromatic heterocycles. The Hall–Kier alpha value is -3.54. The van der Waals surface area contributed by atoms with E-state index < -0.39 is 35.2 Å². The topological polar surface area (TPSA) is 180 Å². The minimum atomic E-state index is -1.20. The van der Waals surface area contributed by atoms with Crippen LogP contribution in [-0.2, 0) is 25.6 Å². The van der Waals surface area contributed by atoms with Gasteiger partial charge in [0.15, 0.2) is 5.96 Å². The molecule has 3 amide bonds. The van der Waals surface area contributed by atoms with Crippen LogP contribution in [0.3, 0.4) is 0 Å². The van der Waals surface area contributed by atoms with Gasteiger partial charge in [-0.05, 0) is 30.9 Å². The highest BCUT2D eigenvalue weighted by Crippen LogP contribution is 2.40. The Balaban J connectivity index is 1.62. The molecule has 1 saturated heterocycles. The number of hydrogen-bond acceptors (Lipinski definition) is 6. The molecular weight excluding hydrogens is 460 g/mol. The predicted molar refractivity (Wildman–Crippen MR) is 127 cm³/mol. The Labute approximate surface area is 201 Å². The number of benzene rings is 1. The van der Waals surface area contributed by atoms with E-state index >= 15 is 0 Å². The maximum absolute atomic E-state index is 13.0. The fraction of sp³-hybridized carbons (Fsp3) is 0.409. The largest absolute Gasteiger partial charge is 0.480 e. The Bertz CT molecular complexity index is 1020. The SMILES string of the molecule is CC1=C(C(=O)N[C@@H](CCCN=C(N)N)C(=O)O)N2C(=O)[C@@H](NC(=O)Cc3ccccc3)[C@H]2SC1. The van der Waals surface area contributed by atoms with Crippen molar-refractivity contribution in [1.82, 2.24) is 15.5 Å². The standard InChI is InChI=1S/C22H28N6O5S/c1-12-11-34-20-16(27-15(29)10-13-6-3-2-4-7-13)19(31)28(20)17(12)18(30)26-14(21(32)33)8-5-9-25-22(23)24/h2-4,6-7,14,16,20H,5,8-11H2,1H3,(H,26,30)(H,27,29)(H,32,33)(H4,23,24,25)/t14-,16+,20+/m0/s1. The molecule has 0 spiro atoms. The highest BCUT2D eigenvalue weighted by atomic mass is 32.2. The molecule has 7 N–H and O–H groups in total. The Morgan fingerprint density at radius 3 is 2.62 bits per heavy atom. The fourth-order valence-corrected chi connectivity index (χ4v) is 5.08. The summed E-state index contributed by atoms with van der Waals surface area (Å²) in [5.74, 6) is -2.14. The van der Waals surface area contributed by atoms with E-state index in [0.717, 1.165) is 5.56 Å². The van der Waals surface area contributed by atoms with Crippen LogP contribution in [0.5, 0.6) is 0 Å². The molecule has 34 heavy (non-hydrogen) atoms. The van der Waals surface area contributed by atoms with Crippen molar-refractivity contribution in [2.24, 2.45) is 16.5 Å². The minimum Gasteiger partial charge on any atom is -0.480 e. The van der Waals surface area contributed by atoms with Crippen LogP contribution in [0.2, 0.25) is 0 Å². The van der Waals surface area contributed by atoms with Gasteiger partial charge in [0.05, 0.1) is 6.42 Å². The normalized spacial score (nSPS) is 20.0. The summed E-state index contributed by atoms with van der Waals surface area (Å²) in [4.78, 5) is 55.0. The molecule has 0 bridgehead atoms. The molecule has 2 aliphatic rings. The lowest BCUT2D eigenvalue weighted by atomic mass is 10.0. The highest BCUT2D eigenvalue weighted by molar-refractivity contribution is 8.00. The predicted octanol–water partition coefficient (Wildman–Crippen LogP) is -0.474. The number of hydrogen-bond donors (Lipinski definition) is 5. The number of guanidine groups is 1. The van der Waals surface area contributed by atoms with Crippen LogP contribution < -0.4 is 22.1 Å². The van der Waals surface area contributed by atoms with Crippen molar-refractivity contribution >= 4 is 41.4 Å². The van der Waals surface area contributed by atoms with Crippen molar-refractivity contribution in [3.05, 3.63) is 47.2 Å². The zero-order valence-electron chi connectivity index (χ0n) is 18.7. The van der Waals surface area contributed by atoms with Crippen molar-refractivity contribution in [3.63, 3.8) is 0 Å². The van der Waals surface area contributed by atoms with Crippen molar-refractivity contribution in [2.45, 2.75) is 43.6 Å². The van der Waals surface area contributed by atoms with Gasteiger partial charge >= 0.3 is 5.97 Å². The van der Waals surface area contributed by atoms with Crippen LogP contribution in [0.15, 0.2) is 46.6 Å². The van der Waals surface area contributed by atoms with E-state index in [9.17, 15) is 24.3 Å². The third-order valence-corrected chi connectivity index (χ3v) is 6.87. The summed E-state index contributed by atoms with van der Waals surface area (Å²) < 4.78 is 0. The van der Waals surface area contributed by atoms with E-state index in [0.29, 0.717) is 17.7 Å². The first-order chi connectivity index (χ1) is 16.2. The lowest BCUT2D eigenvalue weighted by molar-refractivity contribution is -0.148. The number of carboxylic acid groups (broad SMARTS) is 1. The monoisotopic (exact) mass is 488 g/mol. The minimum absolute atomic E-state index is 0.0934. The lowest BCUT2D eigenvalue weighted by Crippen LogP contribution is -2.71. The molecule has 1 aromatic rings. The van der Waals surface area contributed by atoms with Crippen molar-refractivity contribution in [3.8, 4) is 0 Å². The molecule has 2 heterocycles. The van der Waals surface area contributed by atoms with Gasteiger partial charge in [-0.3, -0.25) is 24.3 Å². The number of carbonyl (C=O) groups is 4. The van der Waals surface area contributed by atoms with E-state index in [1.165, 1.54) is 16.7 Å². The van der Waals surface area contributed by atoms with Crippen LogP contribution >= 0.6 is 11.8 Å². The molecule has 1 fully saturated rings. The summed E-state index contributed by atoms with van der Waals surface area (Å²) in [6, 6.07) is 7.27. The number of fused-ring (bicyclic) bond motifs is 1. The van der Waals surface area contributed by atoms with Gasteiger partial charge in [0.2, 0.25) is 5.91 Å². The number of carbonyl (C=O) groups excluding carboxylic acids is 3. The molecule has 0 radical (unpaired) electrons. The molecule has 182 valence electrons. The summed E-state index contributed by atoms with van der Waals surface area (Å²) in [6.45, 7) is 1.96. The quantitative estimate of drug-likeness (QED) is 0.127. The third kappa shape index (κ3) is 5.87. The van der Waals surface area contributed by atoms with E-state index in [1.54, 1.807) is 6.92 Å². The smallest absolute Gasteiger partial charge is 0.326 e. The van der Waals surface area contributed by atoms with Crippen LogP contribution in [0.25, 0.3) is 0 Å². The van der Waals surface area contributed by atoms with Crippen molar-refractivity contribution in [1.29, 1.82) is 0 Å². The average molecular weight is 489 g/mol. The fourth-order valence-electron chi connectivity index (χ4n) is 3.79. The Morgan fingerprint density at radius 1 is 1.26 bits per heavy atom. The number of β-lactam (4-membered cyclic amide) rings is 1. The van der Waals surface area contributed by atoms with Gasteiger partial charge in [-0.15, -0.1) is 11.8 Å². The van der Waals surface area contributed by atoms with E-state index in [4.69, 9.17) is 11.5 Å². The van der Waals surface area contributed by atoms with Gasteiger partial charge in [-0.1, -0.05) is 30.3 Å². The second-order valence-corrected chi connectivity index (χ2v) is 9.16. The number of carboxylic acids is 1. The molecule has 0 aliphatic carbocycles. The number of aliphatic carboxylic acids is 1. The molecule has 0 saturated carbocycles. The molecule has 2 aliphatic heterocycles. The molecule has 3 atom stereocenters. The second-order valence-electron chi connectivity index (χ2n) is 8.06. The molecular formula is C22H28N6O5S. The van der Waals surface area contributed by atoms with Crippen LogP contribution in [0, 0.1) is 0 Å². The van der Waals surface area contributed by atoms with Gasteiger partial charge in [0.25, 0.3) is 11.8 Å². The summed E-state index contributed by atoms with van der Waals surface area (Å²) >= 11 is 1.44. The van der Waals surface area contributed by atoms with E-state index in [1.807, 2.05) is 30.3 Å². The number of nitrogens with zero attached hydrogens (tertiary/aromatic N) is 2. The number of aliphatic imine (C=N–C) groups is 1. The summed E-state index contributed by atoms with van der Waals surface area (Å²) in [6.07, 6.45) is 0.614. The average Bonchev–Trinajstić information content (AvgIpc) is 2.79. The first-order valence-electron chi connectivity index (χ1n) is 10.8. The molecule has 3 rings (SSSR count). The Morgan fingerprint density at radius 2 is 1.97 bits per heavy atom. The highest BCUT2D eigenvalue weighted by Gasteiger charge is 2.53. The molecule has 0 unspecified atom stereocenters. The summed E-state index contributed by atoms with van der Waals surface area (Å²) in [7, 11) is 0. The number of nitrogens with two attached hydrogens (primary N) is 2. The van der Waals surface area contributed by atoms with Gasteiger partial charge in [0.1, 0.15) is 23.2 Å². The zero-order chi connectivity index (χ0) is 24.8. The molecule has 11 nitrogen and oxygen atoms in total. The van der Waals surface area contributed by atoms with Gasteiger partial charge in [-0.25, -0.2) is 4.79 Å². The van der Waals surface area contributed by atoms with Crippen LogP contribution in [0.1, 0.15) is 25.3 Å². The van der Waals surface area contributed by atoms with E-state index in [-0.39, 0.29) is 37.0 Å². The van der Waals surface area contributed by atoms with Gasteiger partial charge < -0.3 is 27.2 Å². The maximum Gasteiger partial charge on any atom is 0.326 e. The number of thioether (sulfide) groups is 1. The summed E-state index contributed by atoms with van der Waals surface area (Å²) in [5.41, 5.74) is 12.1. The molecule has 1 aromatic carbocycles. The number of amides is 3. The second kappa shape index (κ2) is 11.1. The van der Waals surface area contributed by atoms with E-state index in [2.05, 4.69) is 15.6 Å². The van der Waals surface area contributed by atoms with Gasteiger partial charge in [0, 0.05) is 12.3 Å². The first-order valence-corrected chi connectivity index (χ1v) is 11.8. The lowest BCUT2D eigenvalue weighted by Gasteiger charge is -2.50. The molecule has 12 heteroatoms.